The van der Waals surface area contributed by atoms with Crippen LogP contribution in [0.5, 0.6) is 5.75 Å². The lowest BCUT2D eigenvalue weighted by molar-refractivity contribution is -0.0498. The van der Waals surface area contributed by atoms with E-state index in [1.807, 2.05) is 13.8 Å². The lowest BCUT2D eigenvalue weighted by Gasteiger charge is -2.20. The van der Waals surface area contributed by atoms with Gasteiger partial charge in [0.15, 0.2) is 0 Å². The van der Waals surface area contributed by atoms with Gasteiger partial charge < -0.3 is 15.2 Å². The van der Waals surface area contributed by atoms with E-state index in [2.05, 4.69) is 10.1 Å². The van der Waals surface area contributed by atoms with Crippen LogP contribution in [0.3, 0.4) is 0 Å². The second-order valence-corrected chi connectivity index (χ2v) is 4.76. The molecule has 1 rings (SSSR count). The molecule has 0 heterocycles. The van der Waals surface area contributed by atoms with E-state index in [9.17, 15) is 18.7 Å². The molecular formula is C15H21F2NO3. The molecule has 4 nitrogen and oxygen atoms in total. The molecule has 21 heavy (non-hydrogen) atoms. The van der Waals surface area contributed by atoms with E-state index in [4.69, 9.17) is 0 Å². The van der Waals surface area contributed by atoms with E-state index in [-0.39, 0.29) is 23.8 Å². The topological polar surface area (TPSA) is 58.6 Å². The average molecular weight is 301 g/mol. The molecule has 1 unspecified atom stereocenters. The first-order chi connectivity index (χ1) is 9.97. The van der Waals surface area contributed by atoms with E-state index < -0.39 is 18.6 Å². The summed E-state index contributed by atoms with van der Waals surface area (Å²) in [5.41, 5.74) is 0.213. The predicted octanol–water partition coefficient (Wildman–Crippen LogP) is 2.81. The Bertz CT molecular complexity index is 450. The summed E-state index contributed by atoms with van der Waals surface area (Å²) in [4.78, 5) is 11.9. The highest BCUT2D eigenvalue weighted by atomic mass is 19.3. The van der Waals surface area contributed by atoms with Gasteiger partial charge in [-0.3, -0.25) is 4.79 Å². The zero-order valence-electron chi connectivity index (χ0n) is 12.2. The molecule has 1 aromatic carbocycles. The fourth-order valence-electron chi connectivity index (χ4n) is 2.11. The van der Waals surface area contributed by atoms with Crippen LogP contribution in [0, 0.1) is 5.92 Å². The van der Waals surface area contributed by atoms with Gasteiger partial charge in [-0.1, -0.05) is 32.8 Å². The summed E-state index contributed by atoms with van der Waals surface area (Å²) in [6, 6.07) is 5.55. The number of aliphatic hydroxyl groups is 1. The quantitative estimate of drug-likeness (QED) is 0.776. The van der Waals surface area contributed by atoms with Gasteiger partial charge >= 0.3 is 6.61 Å². The highest BCUT2D eigenvalue weighted by Crippen LogP contribution is 2.16. The third kappa shape index (κ3) is 5.67. The second kappa shape index (κ2) is 8.56. The summed E-state index contributed by atoms with van der Waals surface area (Å²) < 4.78 is 28.5. The number of hydrogen-bond donors (Lipinski definition) is 2. The minimum atomic E-state index is -2.93. The van der Waals surface area contributed by atoms with Crippen molar-refractivity contribution in [3.63, 3.8) is 0 Å². The Morgan fingerprint density at radius 3 is 2.57 bits per heavy atom. The maximum Gasteiger partial charge on any atom is 0.387 e. The van der Waals surface area contributed by atoms with Crippen molar-refractivity contribution in [3.8, 4) is 5.75 Å². The van der Waals surface area contributed by atoms with Crippen molar-refractivity contribution >= 4 is 5.91 Å². The molecule has 0 aliphatic heterocycles. The highest BCUT2D eigenvalue weighted by Gasteiger charge is 2.17. The maximum absolute atomic E-state index is 12.1. The number of carbonyl (C=O) groups excluding carboxylic acids is 1. The van der Waals surface area contributed by atoms with Gasteiger partial charge in [0, 0.05) is 12.1 Å². The van der Waals surface area contributed by atoms with Crippen molar-refractivity contribution in [1.29, 1.82) is 0 Å². The number of ether oxygens (including phenoxy) is 1. The van der Waals surface area contributed by atoms with Crippen LogP contribution in [0.2, 0.25) is 0 Å². The van der Waals surface area contributed by atoms with Crippen molar-refractivity contribution in [2.24, 2.45) is 5.92 Å². The monoisotopic (exact) mass is 301 g/mol. The van der Waals surface area contributed by atoms with Gasteiger partial charge in [-0.25, -0.2) is 0 Å². The standard InChI is InChI=1S/C15H21F2NO3/c1-3-10(4-2)13(19)9-18-14(20)11-6-5-7-12(8-11)21-15(16)17/h5-8,10,13,15,19H,3-4,9H2,1-2H3,(H,18,20). The van der Waals surface area contributed by atoms with E-state index in [0.717, 1.165) is 12.8 Å². The Kier molecular flexibility index (Phi) is 7.08. The van der Waals surface area contributed by atoms with Crippen molar-refractivity contribution in [3.05, 3.63) is 29.8 Å². The Balaban J connectivity index is 2.59. The minimum absolute atomic E-state index is 0.0711. The predicted molar refractivity (Wildman–Crippen MR) is 75.5 cm³/mol. The molecule has 0 saturated carbocycles. The number of amides is 1. The molecule has 0 bridgehead atoms. The first-order valence-corrected chi connectivity index (χ1v) is 6.99. The molecule has 1 aromatic rings. The molecule has 2 N–H and O–H groups in total. The summed E-state index contributed by atoms with van der Waals surface area (Å²) in [5, 5.41) is 12.5. The number of aliphatic hydroxyl groups excluding tert-OH is 1. The molecule has 0 aliphatic rings. The largest absolute Gasteiger partial charge is 0.435 e. The van der Waals surface area contributed by atoms with Crippen LogP contribution in [0.25, 0.3) is 0 Å². The maximum atomic E-state index is 12.1. The van der Waals surface area contributed by atoms with Gasteiger partial charge in [0.05, 0.1) is 6.10 Å². The molecule has 0 saturated heterocycles. The van der Waals surface area contributed by atoms with E-state index in [1.165, 1.54) is 24.3 Å². The third-order valence-corrected chi connectivity index (χ3v) is 3.39. The molecule has 118 valence electrons. The highest BCUT2D eigenvalue weighted by molar-refractivity contribution is 5.94. The van der Waals surface area contributed by atoms with E-state index in [1.54, 1.807) is 0 Å². The molecule has 1 atom stereocenters. The Labute approximate surface area is 123 Å². The van der Waals surface area contributed by atoms with Crippen LogP contribution in [-0.4, -0.2) is 30.3 Å². The number of alkyl halides is 2. The van der Waals surface area contributed by atoms with Crippen molar-refractivity contribution in [2.75, 3.05) is 6.54 Å². The SMILES string of the molecule is CCC(CC)C(O)CNC(=O)c1cccc(OC(F)F)c1. The molecule has 0 radical (unpaired) electrons. The lowest BCUT2D eigenvalue weighted by atomic mass is 9.96. The van der Waals surface area contributed by atoms with Gasteiger partial charge in [-0.2, -0.15) is 8.78 Å². The zero-order valence-corrected chi connectivity index (χ0v) is 12.2. The zero-order chi connectivity index (χ0) is 15.8. The number of hydrogen-bond acceptors (Lipinski definition) is 3. The van der Waals surface area contributed by atoms with Crippen molar-refractivity contribution in [1.82, 2.24) is 5.32 Å². The number of benzene rings is 1. The smallest absolute Gasteiger partial charge is 0.387 e. The Morgan fingerprint density at radius 1 is 1.33 bits per heavy atom. The summed E-state index contributed by atoms with van der Waals surface area (Å²) >= 11 is 0. The lowest BCUT2D eigenvalue weighted by Crippen LogP contribution is -2.36. The van der Waals surface area contributed by atoms with Gasteiger partial charge in [0.25, 0.3) is 5.91 Å². The molecule has 0 aromatic heterocycles. The number of carbonyl (C=O) groups is 1. The fourth-order valence-corrected chi connectivity index (χ4v) is 2.11. The molecule has 0 aliphatic carbocycles. The molecule has 0 spiro atoms. The van der Waals surface area contributed by atoms with Crippen molar-refractivity contribution < 1.29 is 23.4 Å². The second-order valence-electron chi connectivity index (χ2n) is 4.76. The number of rotatable bonds is 8. The molecule has 1 amide bonds. The van der Waals surface area contributed by atoms with Gasteiger partial charge in [-0.05, 0) is 24.1 Å². The molecule has 0 fully saturated rings. The van der Waals surface area contributed by atoms with E-state index >= 15 is 0 Å². The van der Waals surface area contributed by atoms with E-state index in [0.29, 0.717) is 0 Å². The van der Waals surface area contributed by atoms with Gasteiger partial charge in [0.2, 0.25) is 0 Å². The Hall–Kier alpha value is -1.69. The molecular weight excluding hydrogens is 280 g/mol. The number of halogens is 2. The van der Waals surface area contributed by atoms with Crippen molar-refractivity contribution in [2.45, 2.75) is 39.4 Å². The summed E-state index contributed by atoms with van der Waals surface area (Å²) in [7, 11) is 0. The summed E-state index contributed by atoms with van der Waals surface area (Å²) in [6.07, 6.45) is 1.03. The summed E-state index contributed by atoms with van der Waals surface area (Å²) in [6.45, 7) is 1.15. The Morgan fingerprint density at radius 2 is 2.00 bits per heavy atom. The van der Waals surface area contributed by atoms with Crippen LogP contribution in [-0.2, 0) is 0 Å². The normalized spacial score (nSPS) is 12.5. The number of nitrogens with one attached hydrogen (secondary N) is 1. The average Bonchev–Trinajstić information content (AvgIpc) is 2.45. The first kappa shape index (κ1) is 17.4. The van der Waals surface area contributed by atoms with Crippen LogP contribution in [0.15, 0.2) is 24.3 Å². The van der Waals surface area contributed by atoms with Crippen LogP contribution in [0.4, 0.5) is 8.78 Å². The van der Waals surface area contributed by atoms with Crippen LogP contribution in [0.1, 0.15) is 37.0 Å². The first-order valence-electron chi connectivity index (χ1n) is 6.99. The fraction of sp³-hybridized carbons (Fsp3) is 0.533. The molecule has 6 heteroatoms. The van der Waals surface area contributed by atoms with Gasteiger partial charge in [-0.15, -0.1) is 0 Å². The van der Waals surface area contributed by atoms with Gasteiger partial charge in [0.1, 0.15) is 5.75 Å². The third-order valence-electron chi connectivity index (χ3n) is 3.39. The summed E-state index contributed by atoms with van der Waals surface area (Å²) in [5.74, 6) is -0.378. The minimum Gasteiger partial charge on any atom is -0.435 e. The van der Waals surface area contributed by atoms with Crippen LogP contribution < -0.4 is 10.1 Å². The van der Waals surface area contributed by atoms with Crippen LogP contribution >= 0.6 is 0 Å².